The summed E-state index contributed by atoms with van der Waals surface area (Å²) in [6, 6.07) is 15.1. The van der Waals surface area contributed by atoms with E-state index in [0.29, 0.717) is 23.4 Å². The van der Waals surface area contributed by atoms with Gasteiger partial charge in [-0.25, -0.2) is 13.2 Å². The van der Waals surface area contributed by atoms with Crippen molar-refractivity contribution in [2.24, 2.45) is 0 Å². The van der Waals surface area contributed by atoms with Gasteiger partial charge in [0, 0.05) is 18.5 Å². The van der Waals surface area contributed by atoms with Crippen molar-refractivity contribution in [1.82, 2.24) is 4.31 Å². The molecule has 0 aromatic heterocycles. The number of carbonyl (C=O) groups is 1. The molecule has 1 saturated carbocycles. The molecule has 1 aliphatic heterocycles. The van der Waals surface area contributed by atoms with Crippen LogP contribution in [0.25, 0.3) is 11.1 Å². The number of benzene rings is 3. The van der Waals surface area contributed by atoms with Gasteiger partial charge in [-0.1, -0.05) is 30.7 Å². The first-order valence-corrected chi connectivity index (χ1v) is 13.6. The zero-order valence-corrected chi connectivity index (χ0v) is 21.4. The highest BCUT2D eigenvalue weighted by atomic mass is 32.2. The Bertz CT molecular complexity index is 1500. The number of hydrogen-bond acceptors (Lipinski definition) is 4. The van der Waals surface area contributed by atoms with Crippen LogP contribution in [-0.2, 0) is 33.0 Å². The molecule has 1 heterocycles. The van der Waals surface area contributed by atoms with Crippen LogP contribution in [0.4, 0.5) is 13.2 Å². The lowest BCUT2D eigenvalue weighted by Crippen LogP contribution is -2.51. The fourth-order valence-electron chi connectivity index (χ4n) is 5.38. The molecule has 5 rings (SSSR count). The molecule has 38 heavy (non-hydrogen) atoms. The fourth-order valence-corrected chi connectivity index (χ4v) is 6.97. The Hall–Kier alpha value is -3.37. The minimum absolute atomic E-state index is 0.0921. The largest absolute Gasteiger partial charge is 0.482 e. The number of sulfonamides is 1. The maximum Gasteiger partial charge on any atom is 0.416 e. The molecule has 3 aromatic carbocycles. The maximum atomic E-state index is 13.7. The average Bonchev–Trinajstić information content (AvgIpc) is 2.85. The second-order valence-electron chi connectivity index (χ2n) is 9.96. The first-order valence-electron chi connectivity index (χ1n) is 12.2. The SMILES string of the molecule is Cc1cc(S(=O)(=O)N2Cc3cc(-c4ccc(C(F)(F)F)cc4)ccc3C3(CCC3)C2)ccc1OCC(=O)O. The van der Waals surface area contributed by atoms with E-state index in [4.69, 9.17) is 9.84 Å². The number of hydrogen-bond donors (Lipinski definition) is 1. The predicted octanol–water partition coefficient (Wildman–Crippen LogP) is 5.77. The van der Waals surface area contributed by atoms with E-state index in [9.17, 15) is 26.4 Å². The van der Waals surface area contributed by atoms with Gasteiger partial charge in [0.15, 0.2) is 6.61 Å². The van der Waals surface area contributed by atoms with Gasteiger partial charge in [0.1, 0.15) is 5.75 Å². The van der Waals surface area contributed by atoms with Gasteiger partial charge < -0.3 is 9.84 Å². The van der Waals surface area contributed by atoms with Gasteiger partial charge in [0.25, 0.3) is 0 Å². The van der Waals surface area contributed by atoms with Gasteiger partial charge in [0.05, 0.1) is 10.5 Å². The predicted molar refractivity (Wildman–Crippen MR) is 134 cm³/mol. The molecule has 0 radical (unpaired) electrons. The van der Waals surface area contributed by atoms with Crippen LogP contribution in [0.3, 0.4) is 0 Å². The summed E-state index contributed by atoms with van der Waals surface area (Å²) in [5, 5.41) is 8.84. The Labute approximate surface area is 218 Å². The second-order valence-corrected chi connectivity index (χ2v) is 11.9. The molecule has 1 fully saturated rings. The molecule has 1 spiro atoms. The van der Waals surface area contributed by atoms with E-state index in [1.807, 2.05) is 18.2 Å². The second kappa shape index (κ2) is 9.43. The molecule has 1 aliphatic carbocycles. The van der Waals surface area contributed by atoms with Crippen LogP contribution < -0.4 is 4.74 Å². The first-order chi connectivity index (χ1) is 17.9. The van der Waals surface area contributed by atoms with E-state index in [-0.39, 0.29) is 16.9 Å². The zero-order chi connectivity index (χ0) is 27.3. The maximum absolute atomic E-state index is 13.7. The molecule has 10 heteroatoms. The minimum atomic E-state index is -4.42. The highest BCUT2D eigenvalue weighted by Crippen LogP contribution is 2.50. The molecule has 3 aromatic rings. The number of ether oxygens (including phenoxy) is 1. The van der Waals surface area contributed by atoms with Crippen LogP contribution in [0, 0.1) is 6.92 Å². The van der Waals surface area contributed by atoms with Crippen molar-refractivity contribution < 1.29 is 36.2 Å². The summed E-state index contributed by atoms with van der Waals surface area (Å²) in [5.74, 6) is -0.832. The van der Waals surface area contributed by atoms with Gasteiger partial charge in [-0.3, -0.25) is 0 Å². The highest BCUT2D eigenvalue weighted by Gasteiger charge is 2.47. The molecule has 2 aliphatic rings. The third-order valence-electron chi connectivity index (χ3n) is 7.49. The van der Waals surface area contributed by atoms with Crippen LogP contribution in [0.5, 0.6) is 5.75 Å². The van der Waals surface area contributed by atoms with Crippen LogP contribution in [0.1, 0.15) is 41.5 Å². The normalized spacial score (nSPS) is 17.1. The number of halogens is 3. The van der Waals surface area contributed by atoms with E-state index < -0.39 is 34.3 Å². The molecule has 0 bridgehead atoms. The Morgan fingerprint density at radius 3 is 2.29 bits per heavy atom. The number of carboxylic acid groups (broad SMARTS) is 1. The van der Waals surface area contributed by atoms with Gasteiger partial charge in [0.2, 0.25) is 10.0 Å². The van der Waals surface area contributed by atoms with Gasteiger partial charge in [-0.15, -0.1) is 0 Å². The Morgan fingerprint density at radius 1 is 1.03 bits per heavy atom. The summed E-state index contributed by atoms with van der Waals surface area (Å²) < 4.78 is 73.1. The molecule has 0 saturated heterocycles. The molecule has 6 nitrogen and oxygen atoms in total. The summed E-state index contributed by atoms with van der Waals surface area (Å²) in [5.41, 5.74) is 2.78. The fraction of sp³-hybridized carbons (Fsp3) is 0.321. The summed E-state index contributed by atoms with van der Waals surface area (Å²) in [4.78, 5) is 10.9. The molecule has 1 N–H and O–H groups in total. The lowest BCUT2D eigenvalue weighted by Gasteiger charge is -2.49. The monoisotopic (exact) mass is 545 g/mol. The first kappa shape index (κ1) is 26.2. The van der Waals surface area contributed by atoms with Crippen LogP contribution in [-0.4, -0.2) is 37.0 Å². The Morgan fingerprint density at radius 2 is 1.71 bits per heavy atom. The van der Waals surface area contributed by atoms with E-state index in [1.165, 1.54) is 34.6 Å². The van der Waals surface area contributed by atoms with Crippen molar-refractivity contribution in [2.45, 2.75) is 49.2 Å². The molecule has 200 valence electrons. The number of alkyl halides is 3. The Balaban J connectivity index is 1.46. The van der Waals surface area contributed by atoms with Crippen LogP contribution >= 0.6 is 0 Å². The third kappa shape index (κ3) is 4.78. The average molecular weight is 546 g/mol. The van der Waals surface area contributed by atoms with Crippen LogP contribution in [0.2, 0.25) is 0 Å². The standard InChI is InChI=1S/C28H26F3NO5S/c1-18-13-23(8-10-25(18)37-16-26(33)34)38(35,36)32-15-21-14-20(5-9-24(21)27(17-32)11-2-12-27)19-3-6-22(7-4-19)28(29,30)31/h3-10,13-14H,2,11-12,15-17H2,1H3,(H,33,34). The van der Waals surface area contributed by atoms with Crippen molar-refractivity contribution in [3.8, 4) is 16.9 Å². The number of aliphatic carboxylic acids is 1. The topological polar surface area (TPSA) is 83.9 Å². The molecule has 0 atom stereocenters. The lowest BCUT2D eigenvalue weighted by molar-refractivity contribution is -0.139. The van der Waals surface area contributed by atoms with Crippen molar-refractivity contribution in [2.75, 3.05) is 13.2 Å². The number of carboxylic acids is 1. The molecule has 0 unspecified atom stereocenters. The van der Waals surface area contributed by atoms with Crippen molar-refractivity contribution in [1.29, 1.82) is 0 Å². The van der Waals surface area contributed by atoms with Gasteiger partial charge >= 0.3 is 12.1 Å². The van der Waals surface area contributed by atoms with Gasteiger partial charge in [-0.05, 0) is 84.0 Å². The van der Waals surface area contributed by atoms with Crippen LogP contribution in [0.15, 0.2) is 65.6 Å². The molecular formula is C28H26F3NO5S. The van der Waals surface area contributed by atoms with E-state index in [1.54, 1.807) is 6.92 Å². The summed E-state index contributed by atoms with van der Waals surface area (Å²) in [6.07, 6.45) is -1.72. The van der Waals surface area contributed by atoms with Crippen molar-refractivity contribution in [3.05, 3.63) is 82.9 Å². The number of nitrogens with zero attached hydrogens (tertiary/aromatic N) is 1. The summed E-state index contributed by atoms with van der Waals surface area (Å²) in [7, 11) is -3.89. The molecular weight excluding hydrogens is 519 g/mol. The smallest absolute Gasteiger partial charge is 0.416 e. The quantitative estimate of drug-likeness (QED) is 0.425. The highest BCUT2D eigenvalue weighted by molar-refractivity contribution is 7.89. The van der Waals surface area contributed by atoms with Gasteiger partial charge in [-0.2, -0.15) is 17.5 Å². The van der Waals surface area contributed by atoms with Crippen molar-refractivity contribution in [3.63, 3.8) is 0 Å². The zero-order valence-electron chi connectivity index (χ0n) is 20.6. The lowest BCUT2D eigenvalue weighted by atomic mass is 9.62. The van der Waals surface area contributed by atoms with Crippen molar-refractivity contribution >= 4 is 16.0 Å². The number of aryl methyl sites for hydroxylation is 1. The number of fused-ring (bicyclic) bond motifs is 2. The summed E-state index contributed by atoms with van der Waals surface area (Å²) >= 11 is 0. The molecule has 0 amide bonds. The Kier molecular flexibility index (Phi) is 6.51. The summed E-state index contributed by atoms with van der Waals surface area (Å²) in [6.45, 7) is 1.62. The third-order valence-corrected chi connectivity index (χ3v) is 9.28. The minimum Gasteiger partial charge on any atom is -0.482 e. The van der Waals surface area contributed by atoms with E-state index in [2.05, 4.69) is 0 Å². The van der Waals surface area contributed by atoms with E-state index in [0.717, 1.165) is 48.1 Å². The number of rotatable bonds is 6. The van der Waals surface area contributed by atoms with E-state index >= 15 is 0 Å².